The van der Waals surface area contributed by atoms with Crippen molar-refractivity contribution >= 4 is 11.9 Å². The summed E-state index contributed by atoms with van der Waals surface area (Å²) in [6.07, 6.45) is 3.08. The monoisotopic (exact) mass is 452 g/mol. The standard InChI is InChI=1S/C23H24N4O6/c1-13-14(2)27(30)19(26(13)5)17(18-20(28)32-23(3,4)33-21(18)29)15-8-6-9-16(12-15)31-22-24-10-7-11-25-22/h6-12,17-18H,1-5H3/t17-/m0/s1. The van der Waals surface area contributed by atoms with Crippen molar-refractivity contribution < 1.29 is 28.5 Å². The highest BCUT2D eigenvalue weighted by Gasteiger charge is 2.51. The van der Waals surface area contributed by atoms with Crippen LogP contribution in [0.1, 0.15) is 42.5 Å². The van der Waals surface area contributed by atoms with E-state index >= 15 is 0 Å². The first-order valence-electron chi connectivity index (χ1n) is 10.3. The van der Waals surface area contributed by atoms with Gasteiger partial charge in [0.25, 0.3) is 11.6 Å². The molecule has 3 heterocycles. The Morgan fingerprint density at radius 1 is 1.12 bits per heavy atom. The van der Waals surface area contributed by atoms with Crippen molar-refractivity contribution in [1.82, 2.24) is 14.5 Å². The van der Waals surface area contributed by atoms with Crippen LogP contribution in [0.3, 0.4) is 0 Å². The molecule has 2 aromatic heterocycles. The van der Waals surface area contributed by atoms with Gasteiger partial charge in [-0.05, 0) is 23.8 Å². The number of benzene rings is 1. The minimum absolute atomic E-state index is 0.133. The third-order valence-electron chi connectivity index (χ3n) is 5.66. The molecule has 1 aromatic carbocycles. The lowest BCUT2D eigenvalue weighted by Crippen LogP contribution is -2.50. The van der Waals surface area contributed by atoms with Crippen LogP contribution in [0.2, 0.25) is 0 Å². The second-order valence-corrected chi connectivity index (χ2v) is 8.29. The molecular weight excluding hydrogens is 428 g/mol. The van der Waals surface area contributed by atoms with Crippen LogP contribution < -0.4 is 9.47 Å². The van der Waals surface area contributed by atoms with E-state index in [2.05, 4.69) is 9.97 Å². The molecule has 1 atom stereocenters. The molecule has 1 saturated heterocycles. The van der Waals surface area contributed by atoms with Gasteiger partial charge in [0.15, 0.2) is 5.92 Å². The first-order chi connectivity index (χ1) is 15.6. The van der Waals surface area contributed by atoms with Crippen LogP contribution in [0.15, 0.2) is 42.7 Å². The lowest BCUT2D eigenvalue weighted by atomic mass is 9.84. The Hall–Kier alpha value is -3.95. The summed E-state index contributed by atoms with van der Waals surface area (Å²) < 4.78 is 18.9. The Morgan fingerprint density at radius 3 is 2.33 bits per heavy atom. The van der Waals surface area contributed by atoms with Gasteiger partial charge in [0, 0.05) is 40.1 Å². The SMILES string of the molecule is Cc1c(C)[n+]([O-])c([C@@H](c2cccc(Oc3ncccn3)c2)C2C(=O)OC(C)(C)OC2=O)n1C. The van der Waals surface area contributed by atoms with Gasteiger partial charge in [-0.1, -0.05) is 12.1 Å². The Labute approximate surface area is 190 Å². The predicted octanol–water partition coefficient (Wildman–Crippen LogP) is 2.44. The number of hydrogen-bond acceptors (Lipinski definition) is 8. The Balaban J connectivity index is 1.84. The van der Waals surface area contributed by atoms with Crippen LogP contribution >= 0.6 is 0 Å². The van der Waals surface area contributed by atoms with Gasteiger partial charge in [-0.3, -0.25) is 9.59 Å². The van der Waals surface area contributed by atoms with E-state index in [1.807, 2.05) is 0 Å². The summed E-state index contributed by atoms with van der Waals surface area (Å²) in [6, 6.07) is 8.52. The minimum Gasteiger partial charge on any atom is -0.711 e. The lowest BCUT2D eigenvalue weighted by Gasteiger charge is -2.35. The van der Waals surface area contributed by atoms with Crippen molar-refractivity contribution in [3.8, 4) is 11.8 Å². The second-order valence-electron chi connectivity index (χ2n) is 8.29. The average molecular weight is 452 g/mol. The van der Waals surface area contributed by atoms with Crippen LogP contribution in [0.4, 0.5) is 0 Å². The van der Waals surface area contributed by atoms with Gasteiger partial charge < -0.3 is 19.4 Å². The van der Waals surface area contributed by atoms with E-state index in [1.165, 1.54) is 13.8 Å². The zero-order chi connectivity index (χ0) is 23.9. The zero-order valence-electron chi connectivity index (χ0n) is 18.9. The smallest absolute Gasteiger partial charge is 0.324 e. The number of carbonyl (C=O) groups excluding carboxylic acids is 2. The van der Waals surface area contributed by atoms with E-state index in [0.29, 0.717) is 22.7 Å². The van der Waals surface area contributed by atoms with Gasteiger partial charge >= 0.3 is 17.9 Å². The molecule has 0 saturated carbocycles. The number of nitrogens with zero attached hydrogens (tertiary/aromatic N) is 4. The van der Waals surface area contributed by atoms with Crippen molar-refractivity contribution in [3.63, 3.8) is 0 Å². The number of rotatable bonds is 5. The van der Waals surface area contributed by atoms with Gasteiger partial charge in [-0.2, -0.15) is 0 Å². The number of imidazole rings is 1. The highest BCUT2D eigenvalue weighted by molar-refractivity contribution is 5.98. The van der Waals surface area contributed by atoms with Gasteiger partial charge in [0.1, 0.15) is 23.1 Å². The molecule has 172 valence electrons. The first kappa shape index (κ1) is 22.3. The fraction of sp³-hybridized carbons (Fsp3) is 0.348. The molecule has 33 heavy (non-hydrogen) atoms. The molecule has 0 spiro atoms. The maximum absolute atomic E-state index is 13.1. The molecule has 1 aliphatic heterocycles. The predicted molar refractivity (Wildman–Crippen MR) is 114 cm³/mol. The fourth-order valence-electron chi connectivity index (χ4n) is 3.91. The highest BCUT2D eigenvalue weighted by Crippen LogP contribution is 2.38. The van der Waals surface area contributed by atoms with E-state index in [-0.39, 0.29) is 11.8 Å². The van der Waals surface area contributed by atoms with Crippen molar-refractivity contribution in [1.29, 1.82) is 0 Å². The average Bonchev–Trinajstić information content (AvgIpc) is 2.94. The molecule has 1 fully saturated rings. The summed E-state index contributed by atoms with van der Waals surface area (Å²) in [5.41, 5.74) is 1.65. The van der Waals surface area contributed by atoms with E-state index in [9.17, 15) is 14.8 Å². The molecule has 4 rings (SSSR count). The van der Waals surface area contributed by atoms with Crippen LogP contribution in [0, 0.1) is 25.0 Å². The molecule has 1 aliphatic rings. The summed E-state index contributed by atoms with van der Waals surface area (Å²) in [4.78, 5) is 34.1. The van der Waals surface area contributed by atoms with Gasteiger partial charge in [0.2, 0.25) is 0 Å². The summed E-state index contributed by atoms with van der Waals surface area (Å²) in [7, 11) is 1.71. The van der Waals surface area contributed by atoms with E-state index in [4.69, 9.17) is 14.2 Å². The number of aromatic nitrogens is 4. The lowest BCUT2D eigenvalue weighted by molar-refractivity contribution is -0.621. The molecule has 0 N–H and O–H groups in total. The molecule has 0 radical (unpaired) electrons. The summed E-state index contributed by atoms with van der Waals surface area (Å²) in [5.74, 6) is -4.72. The maximum atomic E-state index is 13.1. The van der Waals surface area contributed by atoms with Crippen LogP contribution in [-0.4, -0.2) is 32.3 Å². The zero-order valence-corrected chi connectivity index (χ0v) is 18.9. The van der Waals surface area contributed by atoms with Crippen molar-refractivity contribution in [2.45, 2.75) is 39.4 Å². The Bertz CT molecular complexity index is 1180. The minimum atomic E-state index is -1.39. The largest absolute Gasteiger partial charge is 0.711 e. The third kappa shape index (κ3) is 4.11. The molecule has 0 bridgehead atoms. The second kappa shape index (κ2) is 8.19. The van der Waals surface area contributed by atoms with E-state index in [0.717, 1.165) is 4.73 Å². The summed E-state index contributed by atoms with van der Waals surface area (Å²) >= 11 is 0. The van der Waals surface area contributed by atoms with E-state index < -0.39 is 29.6 Å². The molecular formula is C23H24N4O6. The van der Waals surface area contributed by atoms with Crippen molar-refractivity contribution in [3.05, 3.63) is 70.7 Å². The normalized spacial score (nSPS) is 16.8. The van der Waals surface area contributed by atoms with Gasteiger partial charge in [-0.25, -0.2) is 19.3 Å². The molecule has 0 amide bonds. The molecule has 3 aromatic rings. The summed E-state index contributed by atoms with van der Waals surface area (Å²) in [6.45, 7) is 6.42. The Morgan fingerprint density at radius 2 is 1.76 bits per heavy atom. The van der Waals surface area contributed by atoms with Crippen molar-refractivity contribution in [2.75, 3.05) is 0 Å². The quantitative estimate of drug-likeness (QED) is 0.251. The molecule has 0 aliphatic carbocycles. The third-order valence-corrected chi connectivity index (χ3v) is 5.66. The molecule has 10 heteroatoms. The number of ether oxygens (including phenoxy) is 3. The van der Waals surface area contributed by atoms with Crippen LogP contribution in [0.5, 0.6) is 11.8 Å². The maximum Gasteiger partial charge on any atom is 0.324 e. The summed E-state index contributed by atoms with van der Waals surface area (Å²) in [5, 5.41) is 13.1. The number of cyclic esters (lactones) is 2. The number of carbonyl (C=O) groups is 2. The number of hydrogen-bond donors (Lipinski definition) is 0. The van der Waals surface area contributed by atoms with Gasteiger partial charge in [0.05, 0.1) is 7.05 Å². The fourth-order valence-corrected chi connectivity index (χ4v) is 3.91. The first-order valence-corrected chi connectivity index (χ1v) is 10.3. The van der Waals surface area contributed by atoms with E-state index in [1.54, 1.807) is 68.2 Å². The van der Waals surface area contributed by atoms with Crippen molar-refractivity contribution in [2.24, 2.45) is 13.0 Å². The highest BCUT2D eigenvalue weighted by atomic mass is 16.7. The topological polar surface area (TPSA) is 119 Å². The van der Waals surface area contributed by atoms with Crippen LogP contribution in [-0.2, 0) is 26.1 Å². The number of esters is 2. The molecule has 0 unspecified atom stereocenters. The Kier molecular flexibility index (Phi) is 5.52. The van der Waals surface area contributed by atoms with Gasteiger partial charge in [-0.15, -0.1) is 0 Å². The van der Waals surface area contributed by atoms with Crippen LogP contribution in [0.25, 0.3) is 0 Å². The molecule has 10 nitrogen and oxygen atoms in total.